The summed E-state index contributed by atoms with van der Waals surface area (Å²) in [5.74, 6) is 1.43. The zero-order chi connectivity index (χ0) is 21.2. The minimum atomic E-state index is -1.03. The largest absolute Gasteiger partial charge is 0.851 e. The van der Waals surface area contributed by atoms with Crippen LogP contribution in [0.1, 0.15) is 13.8 Å². The summed E-state index contributed by atoms with van der Waals surface area (Å²) in [6.45, 7) is 3.68. The molecule has 0 unspecified atom stereocenters. The summed E-state index contributed by atoms with van der Waals surface area (Å²) in [7, 11) is 3.79. The molecule has 30 heavy (non-hydrogen) atoms. The lowest BCUT2D eigenvalue weighted by Gasteiger charge is -2.62. The van der Waals surface area contributed by atoms with E-state index in [1.807, 2.05) is 86.3 Å². The summed E-state index contributed by atoms with van der Waals surface area (Å²) in [5, 5.41) is 26.4. The molecule has 1 aliphatic carbocycles. The molecule has 1 fully saturated rings. The molecule has 2 heterocycles. The Hall–Kier alpha value is -2.96. The van der Waals surface area contributed by atoms with E-state index < -0.39 is 24.0 Å². The van der Waals surface area contributed by atoms with E-state index in [1.165, 1.54) is 0 Å². The SMILES string of the molecule is CC(=C1Oc2ccccc2N1C)C1C([O-])C(C(C)=C2Oc3ccccc3N2C)C1[O-]. The number of rotatable bonds is 2. The van der Waals surface area contributed by atoms with Crippen molar-refractivity contribution in [2.24, 2.45) is 11.8 Å². The number of hydrogen-bond donors (Lipinski definition) is 0. The highest BCUT2D eigenvalue weighted by atomic mass is 16.5. The van der Waals surface area contributed by atoms with Gasteiger partial charge in [0.2, 0.25) is 0 Å². The van der Waals surface area contributed by atoms with E-state index in [2.05, 4.69) is 0 Å². The van der Waals surface area contributed by atoms with Gasteiger partial charge in [0.15, 0.2) is 23.3 Å². The summed E-state index contributed by atoms with van der Waals surface area (Å²) >= 11 is 0. The van der Waals surface area contributed by atoms with Crippen molar-refractivity contribution in [3.8, 4) is 11.5 Å². The van der Waals surface area contributed by atoms with Gasteiger partial charge in [-0.25, -0.2) is 0 Å². The molecule has 6 nitrogen and oxygen atoms in total. The van der Waals surface area contributed by atoms with Crippen molar-refractivity contribution in [3.05, 3.63) is 71.4 Å². The Labute approximate surface area is 176 Å². The van der Waals surface area contributed by atoms with Crippen LogP contribution in [0.4, 0.5) is 11.4 Å². The van der Waals surface area contributed by atoms with Crippen LogP contribution in [0.15, 0.2) is 71.4 Å². The molecule has 0 N–H and O–H groups in total. The van der Waals surface area contributed by atoms with E-state index in [0.717, 1.165) is 22.9 Å². The van der Waals surface area contributed by atoms with Crippen molar-refractivity contribution in [2.45, 2.75) is 26.1 Å². The Kier molecular flexibility index (Phi) is 4.31. The standard InChI is InChI=1S/C24H24N2O4/c1-13(23-25(3)15-9-5-7-11-17(15)29-23)19-21(27)20(22(19)28)14(2)24-26(4)16-10-6-8-12-18(16)30-24/h5-12,19-22H,1-4H3/q-2. The Morgan fingerprint density at radius 3 is 1.43 bits per heavy atom. The van der Waals surface area contributed by atoms with Crippen LogP contribution in [-0.4, -0.2) is 26.3 Å². The highest BCUT2D eigenvalue weighted by molar-refractivity contribution is 5.67. The topological polar surface area (TPSA) is 71.1 Å². The van der Waals surface area contributed by atoms with Gasteiger partial charge in [0.05, 0.1) is 11.4 Å². The predicted molar refractivity (Wildman–Crippen MR) is 111 cm³/mol. The average molecular weight is 404 g/mol. The van der Waals surface area contributed by atoms with Crippen molar-refractivity contribution >= 4 is 11.4 Å². The fourth-order valence-corrected chi connectivity index (χ4v) is 4.84. The van der Waals surface area contributed by atoms with Crippen LogP contribution in [0.2, 0.25) is 0 Å². The summed E-state index contributed by atoms with van der Waals surface area (Å²) in [5.41, 5.74) is 3.30. The van der Waals surface area contributed by atoms with Crippen molar-refractivity contribution in [1.29, 1.82) is 0 Å². The van der Waals surface area contributed by atoms with Crippen LogP contribution in [-0.2, 0) is 0 Å². The second-order valence-electron chi connectivity index (χ2n) is 8.21. The number of fused-ring (bicyclic) bond motifs is 2. The fourth-order valence-electron chi connectivity index (χ4n) is 4.84. The van der Waals surface area contributed by atoms with E-state index >= 15 is 0 Å². The monoisotopic (exact) mass is 404 g/mol. The van der Waals surface area contributed by atoms with E-state index in [9.17, 15) is 10.2 Å². The number of anilines is 2. The molecule has 2 aromatic carbocycles. The minimum Gasteiger partial charge on any atom is -0.851 e. The lowest BCUT2D eigenvalue weighted by Crippen LogP contribution is -2.68. The number of hydrogen-bond acceptors (Lipinski definition) is 6. The molecule has 5 rings (SSSR count). The van der Waals surface area contributed by atoms with Gasteiger partial charge in [-0.1, -0.05) is 24.3 Å². The first kappa shape index (κ1) is 19.0. The highest BCUT2D eigenvalue weighted by Gasteiger charge is 2.43. The highest BCUT2D eigenvalue weighted by Crippen LogP contribution is 2.47. The van der Waals surface area contributed by atoms with Crippen molar-refractivity contribution in [3.63, 3.8) is 0 Å². The molecule has 0 spiro atoms. The fraction of sp³-hybridized carbons (Fsp3) is 0.333. The van der Waals surface area contributed by atoms with Crippen LogP contribution in [0.5, 0.6) is 11.5 Å². The maximum absolute atomic E-state index is 13.2. The van der Waals surface area contributed by atoms with Crippen LogP contribution >= 0.6 is 0 Å². The van der Waals surface area contributed by atoms with Gasteiger partial charge in [0.25, 0.3) is 0 Å². The number of nitrogens with zero attached hydrogens (tertiary/aromatic N) is 2. The molecule has 2 aliphatic heterocycles. The Bertz CT molecular complexity index is 983. The average Bonchev–Trinajstić information content (AvgIpc) is 3.26. The smallest absolute Gasteiger partial charge is 0.199 e. The van der Waals surface area contributed by atoms with Gasteiger partial charge < -0.3 is 29.5 Å². The molecule has 0 amide bonds. The molecule has 0 aromatic heterocycles. The Morgan fingerprint density at radius 1 is 0.700 bits per heavy atom. The van der Waals surface area contributed by atoms with Gasteiger partial charge in [0, 0.05) is 14.1 Å². The van der Waals surface area contributed by atoms with Crippen LogP contribution < -0.4 is 29.5 Å². The molecule has 2 aromatic rings. The van der Waals surface area contributed by atoms with Crippen LogP contribution in [0, 0.1) is 11.8 Å². The second-order valence-corrected chi connectivity index (χ2v) is 8.21. The van der Waals surface area contributed by atoms with Gasteiger partial charge in [0.1, 0.15) is 0 Å². The molecule has 1 saturated carbocycles. The lowest BCUT2D eigenvalue weighted by molar-refractivity contribution is -0.552. The van der Waals surface area contributed by atoms with Gasteiger partial charge in [-0.2, -0.15) is 0 Å². The molecular weight excluding hydrogens is 380 g/mol. The quantitative estimate of drug-likeness (QED) is 0.764. The third kappa shape index (κ3) is 2.57. The number of para-hydroxylation sites is 4. The van der Waals surface area contributed by atoms with E-state index in [4.69, 9.17) is 9.47 Å². The summed E-state index contributed by atoms with van der Waals surface area (Å²) in [6, 6.07) is 15.4. The van der Waals surface area contributed by atoms with E-state index in [1.54, 1.807) is 0 Å². The number of ether oxygens (including phenoxy) is 2. The van der Waals surface area contributed by atoms with Crippen LogP contribution in [0.25, 0.3) is 0 Å². The minimum absolute atomic E-state index is 0.591. The Morgan fingerprint density at radius 2 is 1.07 bits per heavy atom. The van der Waals surface area contributed by atoms with E-state index in [-0.39, 0.29) is 0 Å². The van der Waals surface area contributed by atoms with Crippen molar-refractivity contribution < 1.29 is 19.7 Å². The molecule has 156 valence electrons. The number of benzene rings is 2. The van der Waals surface area contributed by atoms with Crippen LogP contribution in [0.3, 0.4) is 0 Å². The van der Waals surface area contributed by atoms with Crippen molar-refractivity contribution in [2.75, 3.05) is 23.9 Å². The summed E-state index contributed by atoms with van der Waals surface area (Å²) < 4.78 is 11.9. The lowest BCUT2D eigenvalue weighted by atomic mass is 9.63. The summed E-state index contributed by atoms with van der Waals surface area (Å²) in [4.78, 5) is 3.82. The Balaban J connectivity index is 1.41. The third-order valence-corrected chi connectivity index (χ3v) is 6.57. The van der Waals surface area contributed by atoms with Gasteiger partial charge in [-0.15, -0.1) is 12.2 Å². The van der Waals surface area contributed by atoms with Gasteiger partial charge >= 0.3 is 0 Å². The first-order valence-electron chi connectivity index (χ1n) is 10.1. The molecule has 0 saturated heterocycles. The predicted octanol–water partition coefficient (Wildman–Crippen LogP) is 2.21. The zero-order valence-electron chi connectivity index (χ0n) is 17.5. The van der Waals surface area contributed by atoms with Crippen molar-refractivity contribution in [1.82, 2.24) is 0 Å². The normalized spacial score (nSPS) is 30.2. The first-order valence-corrected chi connectivity index (χ1v) is 10.1. The maximum Gasteiger partial charge on any atom is 0.199 e. The van der Waals surface area contributed by atoms with Gasteiger partial charge in [-0.05, 0) is 61.1 Å². The molecular formula is C24H24N2O4-2. The molecule has 0 radical (unpaired) electrons. The molecule has 0 atom stereocenters. The summed E-state index contributed by atoms with van der Waals surface area (Å²) in [6.07, 6.45) is -2.07. The third-order valence-electron chi connectivity index (χ3n) is 6.57. The van der Waals surface area contributed by atoms with Gasteiger partial charge in [-0.3, -0.25) is 0 Å². The second kappa shape index (κ2) is 6.79. The maximum atomic E-state index is 13.2. The molecule has 0 bridgehead atoms. The first-order chi connectivity index (χ1) is 14.4. The molecule has 3 aliphatic rings. The molecule has 6 heteroatoms. The van der Waals surface area contributed by atoms with E-state index in [0.29, 0.717) is 22.9 Å². The zero-order valence-corrected chi connectivity index (χ0v) is 17.5.